The SMILES string of the molecule is O=C(/C=C(/Br)n1cnc(-c2cc(C(F)(F)F)cc(C(F)(F)F)c2)n1)NNc1cnccn1. The Balaban J connectivity index is 1.83. The van der Waals surface area contributed by atoms with Crippen LogP contribution in [-0.2, 0) is 17.1 Å². The molecule has 0 fully saturated rings. The van der Waals surface area contributed by atoms with Crippen LogP contribution >= 0.6 is 15.9 Å². The first kappa shape index (κ1) is 23.2. The highest BCUT2D eigenvalue weighted by Gasteiger charge is 2.37. The summed E-state index contributed by atoms with van der Waals surface area (Å²) in [7, 11) is 0. The molecule has 0 saturated carbocycles. The third-order valence-corrected chi connectivity index (χ3v) is 4.28. The molecule has 32 heavy (non-hydrogen) atoms. The van der Waals surface area contributed by atoms with E-state index >= 15 is 0 Å². The number of nitrogens with zero attached hydrogens (tertiary/aromatic N) is 5. The van der Waals surface area contributed by atoms with E-state index in [1.54, 1.807) is 0 Å². The minimum atomic E-state index is -5.01. The lowest BCUT2D eigenvalue weighted by molar-refractivity contribution is -0.143. The molecule has 15 heteroatoms. The van der Waals surface area contributed by atoms with E-state index in [4.69, 9.17) is 0 Å². The average Bonchev–Trinajstić information content (AvgIpc) is 3.22. The molecular weight excluding hydrogens is 512 g/mol. The van der Waals surface area contributed by atoms with Crippen LogP contribution in [0, 0.1) is 0 Å². The van der Waals surface area contributed by atoms with Crippen LogP contribution in [0.4, 0.5) is 32.2 Å². The van der Waals surface area contributed by atoms with Crippen LogP contribution in [0.15, 0.2) is 49.2 Å². The average molecular weight is 522 g/mol. The molecule has 3 rings (SSSR count). The number of nitrogens with one attached hydrogen (secondary N) is 2. The molecule has 0 aliphatic rings. The van der Waals surface area contributed by atoms with Gasteiger partial charge in [-0.1, -0.05) is 0 Å². The van der Waals surface area contributed by atoms with Crippen LogP contribution in [0.25, 0.3) is 16.0 Å². The molecular formula is C17H10BrF6N7O. The predicted octanol–water partition coefficient (Wildman–Crippen LogP) is 4.11. The Morgan fingerprint density at radius 3 is 2.22 bits per heavy atom. The summed E-state index contributed by atoms with van der Waals surface area (Å²) in [6.45, 7) is 0. The lowest BCUT2D eigenvalue weighted by atomic mass is 10.0. The number of hydrazine groups is 1. The number of benzene rings is 1. The molecule has 0 atom stereocenters. The third-order valence-electron chi connectivity index (χ3n) is 3.68. The van der Waals surface area contributed by atoms with Gasteiger partial charge in [-0.2, -0.15) is 26.3 Å². The highest BCUT2D eigenvalue weighted by molar-refractivity contribution is 9.14. The van der Waals surface area contributed by atoms with Crippen molar-refractivity contribution in [2.75, 3.05) is 5.43 Å². The van der Waals surface area contributed by atoms with E-state index in [1.807, 2.05) is 0 Å². The first-order chi connectivity index (χ1) is 14.9. The molecule has 3 aromatic rings. The van der Waals surface area contributed by atoms with Crippen LogP contribution < -0.4 is 10.9 Å². The van der Waals surface area contributed by atoms with Crippen LogP contribution in [0.1, 0.15) is 11.1 Å². The topological polar surface area (TPSA) is 97.6 Å². The molecule has 1 amide bonds. The van der Waals surface area contributed by atoms with Crippen LogP contribution in [0.5, 0.6) is 0 Å². The molecule has 1 aromatic carbocycles. The smallest absolute Gasteiger partial charge is 0.280 e. The maximum atomic E-state index is 13.0. The van der Waals surface area contributed by atoms with Crippen molar-refractivity contribution in [2.24, 2.45) is 0 Å². The van der Waals surface area contributed by atoms with E-state index in [0.717, 1.165) is 17.1 Å². The Hall–Kier alpha value is -3.49. The van der Waals surface area contributed by atoms with Gasteiger partial charge in [-0.15, -0.1) is 5.10 Å². The van der Waals surface area contributed by atoms with Gasteiger partial charge in [-0.05, 0) is 34.1 Å². The summed E-state index contributed by atoms with van der Waals surface area (Å²) in [5.74, 6) is -0.846. The number of amides is 1. The van der Waals surface area contributed by atoms with Gasteiger partial charge >= 0.3 is 12.4 Å². The fourth-order valence-electron chi connectivity index (χ4n) is 2.28. The summed E-state index contributed by atoms with van der Waals surface area (Å²) in [5, 5.41) is 3.83. The molecule has 0 bridgehead atoms. The fourth-order valence-corrected chi connectivity index (χ4v) is 2.66. The normalized spacial score (nSPS) is 12.5. The molecule has 2 aromatic heterocycles. The summed E-state index contributed by atoms with van der Waals surface area (Å²) in [5.41, 5.74) is 1.26. The highest BCUT2D eigenvalue weighted by Crippen LogP contribution is 2.38. The van der Waals surface area contributed by atoms with Gasteiger partial charge in [0.05, 0.1) is 17.3 Å². The van der Waals surface area contributed by atoms with Gasteiger partial charge in [0.2, 0.25) is 0 Å². The monoisotopic (exact) mass is 521 g/mol. The predicted molar refractivity (Wildman–Crippen MR) is 102 cm³/mol. The van der Waals surface area contributed by atoms with Crippen molar-refractivity contribution in [3.63, 3.8) is 0 Å². The maximum absolute atomic E-state index is 13.0. The van der Waals surface area contributed by atoms with Gasteiger partial charge in [0, 0.05) is 24.0 Å². The second-order valence-electron chi connectivity index (χ2n) is 5.98. The van der Waals surface area contributed by atoms with Gasteiger partial charge in [-0.25, -0.2) is 14.6 Å². The number of aromatic nitrogens is 5. The molecule has 2 heterocycles. The first-order valence-electron chi connectivity index (χ1n) is 8.34. The van der Waals surface area contributed by atoms with Crippen molar-refractivity contribution >= 4 is 32.3 Å². The van der Waals surface area contributed by atoms with Gasteiger partial charge in [0.1, 0.15) is 10.9 Å². The Labute approximate surface area is 183 Å². The maximum Gasteiger partial charge on any atom is 0.416 e. The number of hydrogen-bond acceptors (Lipinski definition) is 6. The molecule has 0 saturated heterocycles. The summed E-state index contributed by atoms with van der Waals surface area (Å²) in [6, 6.07) is 1.01. The molecule has 0 spiro atoms. The number of carbonyl (C=O) groups excluding carboxylic acids is 1. The fraction of sp³-hybridized carbons (Fsp3) is 0.118. The van der Waals surface area contributed by atoms with Gasteiger partial charge < -0.3 is 0 Å². The third kappa shape index (κ3) is 5.81. The zero-order chi connectivity index (χ0) is 23.5. The molecule has 2 N–H and O–H groups in total. The Morgan fingerprint density at radius 2 is 1.66 bits per heavy atom. The van der Waals surface area contributed by atoms with E-state index in [-0.39, 0.29) is 16.5 Å². The Morgan fingerprint density at radius 1 is 1.00 bits per heavy atom. The van der Waals surface area contributed by atoms with Crippen molar-refractivity contribution in [1.82, 2.24) is 30.2 Å². The number of hydrogen-bond donors (Lipinski definition) is 2. The van der Waals surface area contributed by atoms with Crippen LogP contribution in [0.2, 0.25) is 0 Å². The van der Waals surface area contributed by atoms with E-state index in [2.05, 4.69) is 46.8 Å². The lowest BCUT2D eigenvalue weighted by Gasteiger charge is -2.13. The number of rotatable bonds is 5. The molecule has 168 valence electrons. The summed E-state index contributed by atoms with van der Waals surface area (Å²) < 4.78 is 79.2. The van der Waals surface area contributed by atoms with Gasteiger partial charge in [0.15, 0.2) is 11.6 Å². The zero-order valence-electron chi connectivity index (χ0n) is 15.4. The summed E-state index contributed by atoms with van der Waals surface area (Å²) in [6.07, 6.45) is -3.86. The van der Waals surface area contributed by atoms with Crippen molar-refractivity contribution in [2.45, 2.75) is 12.4 Å². The molecule has 0 radical (unpaired) electrons. The van der Waals surface area contributed by atoms with E-state index in [1.165, 1.54) is 18.6 Å². The van der Waals surface area contributed by atoms with Crippen LogP contribution in [-0.4, -0.2) is 30.6 Å². The Bertz CT molecular complexity index is 1110. The number of anilines is 1. The summed E-state index contributed by atoms with van der Waals surface area (Å²) in [4.78, 5) is 23.3. The number of alkyl halides is 6. The largest absolute Gasteiger partial charge is 0.416 e. The van der Waals surface area contributed by atoms with Gasteiger partial charge in [0.25, 0.3) is 5.91 Å². The van der Waals surface area contributed by atoms with Crippen molar-refractivity contribution in [1.29, 1.82) is 0 Å². The van der Waals surface area contributed by atoms with Crippen molar-refractivity contribution in [3.8, 4) is 11.4 Å². The standard InChI is InChI=1S/C17H10BrF6N7O/c18-12(6-14(32)29-28-13-7-25-1-2-26-13)31-8-27-15(30-31)9-3-10(16(19,20)21)5-11(4-9)17(22,23)24/h1-8H,(H,26,28)(H,29,32)/b12-6-. The molecule has 0 aliphatic heterocycles. The van der Waals surface area contributed by atoms with Crippen molar-refractivity contribution < 1.29 is 31.1 Å². The second kappa shape index (κ2) is 8.94. The quantitative estimate of drug-likeness (QED) is 0.298. The molecule has 8 nitrogen and oxygen atoms in total. The Kier molecular flexibility index (Phi) is 6.47. The minimum Gasteiger partial charge on any atom is -0.280 e. The first-order valence-corrected chi connectivity index (χ1v) is 9.14. The molecule has 0 unspecified atom stereocenters. The molecule has 0 aliphatic carbocycles. The van der Waals surface area contributed by atoms with E-state index in [9.17, 15) is 31.1 Å². The number of carbonyl (C=O) groups is 1. The second-order valence-corrected chi connectivity index (χ2v) is 6.79. The highest BCUT2D eigenvalue weighted by atomic mass is 79.9. The number of halogens is 7. The lowest BCUT2D eigenvalue weighted by Crippen LogP contribution is -2.28. The van der Waals surface area contributed by atoms with Crippen molar-refractivity contribution in [3.05, 3.63) is 60.3 Å². The zero-order valence-corrected chi connectivity index (χ0v) is 17.0. The van der Waals surface area contributed by atoms with E-state index in [0.29, 0.717) is 12.1 Å². The van der Waals surface area contributed by atoms with E-state index < -0.39 is 40.8 Å². The van der Waals surface area contributed by atoms with Gasteiger partial charge in [-0.3, -0.25) is 20.6 Å². The van der Waals surface area contributed by atoms with Crippen LogP contribution in [0.3, 0.4) is 0 Å². The summed E-state index contributed by atoms with van der Waals surface area (Å²) >= 11 is 3.04. The minimum absolute atomic E-state index is 0.00211.